The first-order valence-electron chi connectivity index (χ1n) is 6.19. The van der Waals surface area contributed by atoms with Gasteiger partial charge in [-0.05, 0) is 25.1 Å². The van der Waals surface area contributed by atoms with Gasteiger partial charge < -0.3 is 10.5 Å². The van der Waals surface area contributed by atoms with Gasteiger partial charge in [0.1, 0.15) is 11.6 Å². The predicted octanol–water partition coefficient (Wildman–Crippen LogP) is 1.74. The molecule has 8 heteroatoms. The number of nitrogens with two attached hydrogens (primary N) is 1. The molecule has 0 saturated carbocycles. The Balaban J connectivity index is 2.04. The summed E-state index contributed by atoms with van der Waals surface area (Å²) in [7, 11) is 0. The Morgan fingerprint density at radius 1 is 1.43 bits per heavy atom. The molecule has 0 bridgehead atoms. The first-order valence-corrected chi connectivity index (χ1v) is 6.99. The van der Waals surface area contributed by atoms with Crippen molar-refractivity contribution in [3.63, 3.8) is 0 Å². The fourth-order valence-corrected chi connectivity index (χ4v) is 2.45. The zero-order valence-corrected chi connectivity index (χ0v) is 12.7. The lowest BCUT2D eigenvalue weighted by molar-refractivity contribution is 0.454. The third-order valence-electron chi connectivity index (χ3n) is 3.00. The highest BCUT2D eigenvalue weighted by molar-refractivity contribution is 9.10. The summed E-state index contributed by atoms with van der Waals surface area (Å²) >= 11 is 3.39. The van der Waals surface area contributed by atoms with Gasteiger partial charge in [0.05, 0.1) is 0 Å². The van der Waals surface area contributed by atoms with E-state index in [1.807, 2.05) is 18.2 Å². The molecule has 2 aromatic heterocycles. The van der Waals surface area contributed by atoms with E-state index in [1.165, 1.54) is 4.40 Å². The summed E-state index contributed by atoms with van der Waals surface area (Å²) in [5, 5.41) is 6.29. The number of aromatic nitrogens is 4. The number of ether oxygens (including phenoxy) is 1. The van der Waals surface area contributed by atoms with E-state index >= 15 is 0 Å². The molecular weight excluding hydrogens is 338 g/mol. The predicted molar refractivity (Wildman–Crippen MR) is 80.5 cm³/mol. The second-order valence-corrected chi connectivity index (χ2v) is 5.34. The molecule has 0 aliphatic heterocycles. The normalized spacial score (nSPS) is 11.0. The molecule has 0 atom stereocenters. The number of nitrogens with one attached hydrogen (secondary N) is 1. The monoisotopic (exact) mass is 349 g/mol. The molecule has 108 valence electrons. The molecule has 0 amide bonds. The highest BCUT2D eigenvalue weighted by Gasteiger charge is 2.10. The van der Waals surface area contributed by atoms with Crippen LogP contribution in [-0.2, 0) is 6.54 Å². The van der Waals surface area contributed by atoms with E-state index in [-0.39, 0.29) is 5.69 Å². The van der Waals surface area contributed by atoms with Crippen molar-refractivity contribution in [1.29, 1.82) is 0 Å². The summed E-state index contributed by atoms with van der Waals surface area (Å²) in [5.74, 6) is 1.47. The van der Waals surface area contributed by atoms with Crippen LogP contribution in [0.15, 0.2) is 33.5 Å². The molecule has 0 fully saturated rings. The quantitative estimate of drug-likeness (QED) is 0.750. The zero-order valence-electron chi connectivity index (χ0n) is 11.1. The minimum Gasteiger partial charge on any atom is -0.438 e. The Labute approximate surface area is 127 Å². The van der Waals surface area contributed by atoms with Crippen molar-refractivity contribution >= 4 is 21.6 Å². The molecule has 1 aromatic carbocycles. The molecule has 0 unspecified atom stereocenters. The van der Waals surface area contributed by atoms with Crippen molar-refractivity contribution in [3.8, 4) is 11.6 Å². The van der Waals surface area contributed by atoms with Gasteiger partial charge in [0, 0.05) is 22.6 Å². The van der Waals surface area contributed by atoms with Crippen molar-refractivity contribution in [3.05, 3.63) is 50.6 Å². The molecular formula is C13H12BrN5O2. The van der Waals surface area contributed by atoms with Gasteiger partial charge in [0.2, 0.25) is 5.88 Å². The van der Waals surface area contributed by atoms with Crippen molar-refractivity contribution in [2.75, 3.05) is 0 Å². The van der Waals surface area contributed by atoms with E-state index in [0.717, 1.165) is 10.0 Å². The van der Waals surface area contributed by atoms with Crippen molar-refractivity contribution in [2.45, 2.75) is 13.5 Å². The molecule has 2 heterocycles. The Morgan fingerprint density at radius 3 is 3.00 bits per heavy atom. The van der Waals surface area contributed by atoms with Crippen LogP contribution in [0.5, 0.6) is 11.6 Å². The smallest absolute Gasteiger partial charge is 0.349 e. The third-order valence-corrected chi connectivity index (χ3v) is 3.50. The van der Waals surface area contributed by atoms with Crippen LogP contribution in [0, 0.1) is 6.92 Å². The van der Waals surface area contributed by atoms with Gasteiger partial charge in [0.25, 0.3) is 0 Å². The Morgan fingerprint density at radius 2 is 2.24 bits per heavy atom. The van der Waals surface area contributed by atoms with E-state index < -0.39 is 0 Å². The lowest BCUT2D eigenvalue weighted by atomic mass is 10.2. The van der Waals surface area contributed by atoms with Gasteiger partial charge in [-0.15, -0.1) is 0 Å². The van der Waals surface area contributed by atoms with E-state index in [2.05, 4.69) is 31.1 Å². The third kappa shape index (κ3) is 2.55. The molecule has 7 nitrogen and oxygen atoms in total. The number of rotatable bonds is 3. The van der Waals surface area contributed by atoms with E-state index in [4.69, 9.17) is 10.5 Å². The summed E-state index contributed by atoms with van der Waals surface area (Å²) in [6, 6.07) is 7.15. The van der Waals surface area contributed by atoms with Crippen LogP contribution < -0.4 is 16.2 Å². The van der Waals surface area contributed by atoms with Gasteiger partial charge in [-0.25, -0.2) is 14.3 Å². The second-order valence-electron chi connectivity index (χ2n) is 4.42. The molecule has 0 spiro atoms. The maximum absolute atomic E-state index is 11.5. The fourth-order valence-electron chi connectivity index (χ4n) is 2.04. The molecule has 21 heavy (non-hydrogen) atoms. The average Bonchev–Trinajstić information content (AvgIpc) is 2.82. The lowest BCUT2D eigenvalue weighted by Crippen LogP contribution is -2.13. The van der Waals surface area contributed by atoms with Crippen LogP contribution >= 0.6 is 15.9 Å². The van der Waals surface area contributed by atoms with Crippen LogP contribution in [0.25, 0.3) is 5.65 Å². The topological polar surface area (TPSA) is 98.3 Å². The number of nitrogens with zero attached hydrogens (tertiary/aromatic N) is 3. The van der Waals surface area contributed by atoms with Crippen LogP contribution in [-0.4, -0.2) is 19.6 Å². The second kappa shape index (κ2) is 5.30. The number of halogens is 1. The molecule has 0 aliphatic rings. The molecule has 0 aliphatic carbocycles. The number of aryl methyl sites for hydroxylation is 1. The Hall–Kier alpha value is -2.19. The van der Waals surface area contributed by atoms with E-state index in [0.29, 0.717) is 29.6 Å². The molecule has 0 saturated heterocycles. The van der Waals surface area contributed by atoms with Crippen molar-refractivity contribution in [1.82, 2.24) is 19.6 Å². The molecule has 3 N–H and O–H groups in total. The van der Waals surface area contributed by atoms with E-state index in [9.17, 15) is 4.79 Å². The summed E-state index contributed by atoms with van der Waals surface area (Å²) in [6.45, 7) is 2.06. The summed E-state index contributed by atoms with van der Waals surface area (Å²) in [5.41, 5.74) is 6.69. The van der Waals surface area contributed by atoms with Gasteiger partial charge in [-0.3, -0.25) is 0 Å². The number of hydrogen-bond acceptors (Lipinski definition) is 5. The summed E-state index contributed by atoms with van der Waals surface area (Å²) in [4.78, 5) is 15.8. The molecule has 3 rings (SSSR count). The number of hydrogen-bond donors (Lipinski definition) is 2. The van der Waals surface area contributed by atoms with Gasteiger partial charge >= 0.3 is 5.69 Å². The minimum absolute atomic E-state index is 0.326. The maximum atomic E-state index is 11.5. The standard InChI is InChI=1S/C13H12BrN5O2/c1-7-16-12(5-11-17-18-13(20)19(7)11)21-10-3-2-9(14)4-8(10)6-15/h2-5H,6,15H2,1H3,(H,18,20). The first-order chi connectivity index (χ1) is 10.1. The van der Waals surface area contributed by atoms with E-state index in [1.54, 1.807) is 13.0 Å². The minimum atomic E-state index is -0.326. The van der Waals surface area contributed by atoms with Crippen LogP contribution in [0.3, 0.4) is 0 Å². The highest BCUT2D eigenvalue weighted by Crippen LogP contribution is 2.27. The summed E-state index contributed by atoms with van der Waals surface area (Å²) in [6.07, 6.45) is 0. The van der Waals surface area contributed by atoms with Crippen LogP contribution in [0.2, 0.25) is 0 Å². The maximum Gasteiger partial charge on any atom is 0.349 e. The SMILES string of the molecule is Cc1nc(Oc2ccc(Br)cc2CN)cc2n[nH]c(=O)n12. The summed E-state index contributed by atoms with van der Waals surface area (Å²) < 4.78 is 8.07. The Kier molecular flexibility index (Phi) is 3.48. The lowest BCUT2D eigenvalue weighted by Gasteiger charge is -2.10. The number of H-pyrrole nitrogens is 1. The molecule has 3 aromatic rings. The van der Waals surface area contributed by atoms with Crippen molar-refractivity contribution in [2.24, 2.45) is 5.73 Å². The highest BCUT2D eigenvalue weighted by atomic mass is 79.9. The van der Waals surface area contributed by atoms with Crippen LogP contribution in [0.1, 0.15) is 11.4 Å². The molecule has 0 radical (unpaired) electrons. The van der Waals surface area contributed by atoms with Gasteiger partial charge in [0.15, 0.2) is 5.65 Å². The van der Waals surface area contributed by atoms with Crippen molar-refractivity contribution < 1.29 is 4.74 Å². The number of aromatic amines is 1. The first kappa shape index (κ1) is 13.8. The largest absolute Gasteiger partial charge is 0.438 e. The zero-order chi connectivity index (χ0) is 15.0. The number of fused-ring (bicyclic) bond motifs is 1. The van der Waals surface area contributed by atoms with Gasteiger partial charge in [-0.1, -0.05) is 15.9 Å². The average molecular weight is 350 g/mol. The number of benzene rings is 1. The fraction of sp³-hybridized carbons (Fsp3) is 0.154. The Bertz CT molecular complexity index is 871. The van der Waals surface area contributed by atoms with Crippen LogP contribution in [0.4, 0.5) is 0 Å². The van der Waals surface area contributed by atoms with Gasteiger partial charge in [-0.2, -0.15) is 10.1 Å².